The van der Waals surface area contributed by atoms with Crippen LogP contribution in [-0.2, 0) is 10.0 Å². The summed E-state index contributed by atoms with van der Waals surface area (Å²) in [4.78, 5) is 10.5. The highest BCUT2D eigenvalue weighted by atomic mass is 32.2. The Kier molecular flexibility index (Phi) is 6.69. The van der Waals surface area contributed by atoms with Crippen LogP contribution in [0.25, 0.3) is 0 Å². The van der Waals surface area contributed by atoms with Gasteiger partial charge in [0.15, 0.2) is 0 Å². The number of para-hydroxylation sites is 2. The lowest BCUT2D eigenvalue weighted by Crippen LogP contribution is -2.14. The van der Waals surface area contributed by atoms with E-state index < -0.39 is 26.5 Å². The molecule has 0 saturated carbocycles. The molecule has 3 aromatic carbocycles. The highest BCUT2D eigenvalue weighted by Crippen LogP contribution is 2.30. The van der Waals surface area contributed by atoms with Crippen LogP contribution in [0.4, 0.5) is 21.5 Å². The van der Waals surface area contributed by atoms with E-state index in [-0.39, 0.29) is 16.3 Å². The number of hydrazone groups is 1. The van der Waals surface area contributed by atoms with Crippen molar-refractivity contribution in [2.75, 3.05) is 17.3 Å². The summed E-state index contributed by atoms with van der Waals surface area (Å²) >= 11 is 0. The SMILES string of the molecule is COc1ccccc1NS(=O)(=O)c1ccc(N/N=C(/C)c2ccc(F)cc2)c([N+](=O)[O-])c1. The minimum atomic E-state index is -4.13. The Morgan fingerprint density at radius 1 is 1.06 bits per heavy atom. The second-order valence-electron chi connectivity index (χ2n) is 6.56. The largest absolute Gasteiger partial charge is 0.495 e. The Morgan fingerprint density at radius 2 is 1.75 bits per heavy atom. The van der Waals surface area contributed by atoms with Gasteiger partial charge in [0.2, 0.25) is 0 Å². The fourth-order valence-electron chi connectivity index (χ4n) is 2.76. The average molecular weight is 458 g/mol. The van der Waals surface area contributed by atoms with Crippen LogP contribution >= 0.6 is 0 Å². The number of nitro groups is 1. The number of halogens is 1. The first kappa shape index (κ1) is 22.7. The lowest BCUT2D eigenvalue weighted by atomic mass is 10.1. The molecule has 2 N–H and O–H groups in total. The summed E-state index contributed by atoms with van der Waals surface area (Å²) in [6.07, 6.45) is 0. The molecule has 11 heteroatoms. The van der Waals surface area contributed by atoms with E-state index in [9.17, 15) is 22.9 Å². The average Bonchev–Trinajstić information content (AvgIpc) is 2.77. The van der Waals surface area contributed by atoms with Crippen molar-refractivity contribution in [3.8, 4) is 5.75 Å². The van der Waals surface area contributed by atoms with Gasteiger partial charge in [-0.15, -0.1) is 0 Å². The fourth-order valence-corrected chi connectivity index (χ4v) is 3.85. The first-order valence-electron chi connectivity index (χ1n) is 9.22. The second-order valence-corrected chi connectivity index (χ2v) is 8.24. The molecule has 0 fully saturated rings. The van der Waals surface area contributed by atoms with Gasteiger partial charge in [-0.05, 0) is 48.9 Å². The van der Waals surface area contributed by atoms with E-state index in [0.29, 0.717) is 17.0 Å². The van der Waals surface area contributed by atoms with E-state index in [2.05, 4.69) is 15.2 Å². The summed E-state index contributed by atoms with van der Waals surface area (Å²) in [6.45, 7) is 1.64. The molecular formula is C21H19FN4O5S. The van der Waals surface area contributed by atoms with E-state index in [0.717, 1.165) is 6.07 Å². The molecule has 3 aromatic rings. The minimum absolute atomic E-state index is 0.00676. The molecule has 0 atom stereocenters. The molecule has 0 aromatic heterocycles. The van der Waals surface area contributed by atoms with Crippen molar-refractivity contribution in [3.63, 3.8) is 0 Å². The van der Waals surface area contributed by atoms with Gasteiger partial charge in [-0.2, -0.15) is 5.10 Å². The Bertz CT molecular complexity index is 1280. The van der Waals surface area contributed by atoms with Gasteiger partial charge in [0, 0.05) is 6.07 Å². The first-order valence-corrected chi connectivity index (χ1v) is 10.7. The van der Waals surface area contributed by atoms with Crippen molar-refractivity contribution in [3.05, 3.63) is 88.2 Å². The molecule has 0 unspecified atom stereocenters. The molecule has 0 saturated heterocycles. The van der Waals surface area contributed by atoms with E-state index >= 15 is 0 Å². The summed E-state index contributed by atoms with van der Waals surface area (Å²) in [5, 5.41) is 15.6. The smallest absolute Gasteiger partial charge is 0.295 e. The zero-order chi connectivity index (χ0) is 23.3. The molecule has 0 spiro atoms. The molecule has 0 bridgehead atoms. The zero-order valence-corrected chi connectivity index (χ0v) is 17.9. The quantitative estimate of drug-likeness (QED) is 0.293. The van der Waals surface area contributed by atoms with Crippen LogP contribution in [-0.4, -0.2) is 26.2 Å². The van der Waals surface area contributed by atoms with Crippen molar-refractivity contribution in [1.29, 1.82) is 0 Å². The molecule has 166 valence electrons. The number of benzene rings is 3. The second kappa shape index (κ2) is 9.43. The number of ether oxygens (including phenoxy) is 1. The maximum absolute atomic E-state index is 13.1. The van der Waals surface area contributed by atoms with Gasteiger partial charge in [-0.3, -0.25) is 20.3 Å². The number of nitro benzene ring substituents is 1. The predicted molar refractivity (Wildman–Crippen MR) is 119 cm³/mol. The topological polar surface area (TPSA) is 123 Å². The third-order valence-corrected chi connectivity index (χ3v) is 5.80. The Morgan fingerprint density at radius 3 is 2.41 bits per heavy atom. The molecule has 9 nitrogen and oxygen atoms in total. The van der Waals surface area contributed by atoms with Crippen LogP contribution in [0.2, 0.25) is 0 Å². The Labute approximate surface area is 183 Å². The lowest BCUT2D eigenvalue weighted by molar-refractivity contribution is -0.384. The predicted octanol–water partition coefficient (Wildman–Crippen LogP) is 4.38. The number of nitrogens with zero attached hydrogens (tertiary/aromatic N) is 2. The van der Waals surface area contributed by atoms with Gasteiger partial charge in [0.05, 0.1) is 28.3 Å². The van der Waals surface area contributed by atoms with Gasteiger partial charge in [0.25, 0.3) is 15.7 Å². The monoisotopic (exact) mass is 458 g/mol. The summed E-state index contributed by atoms with van der Waals surface area (Å²) in [5.74, 6) is -0.0989. The van der Waals surface area contributed by atoms with Gasteiger partial charge in [-0.1, -0.05) is 24.3 Å². The highest BCUT2D eigenvalue weighted by molar-refractivity contribution is 7.92. The number of nitrogens with one attached hydrogen (secondary N) is 2. The van der Waals surface area contributed by atoms with Crippen molar-refractivity contribution in [2.24, 2.45) is 5.10 Å². The highest BCUT2D eigenvalue weighted by Gasteiger charge is 2.22. The minimum Gasteiger partial charge on any atom is -0.495 e. The molecule has 3 rings (SSSR count). The summed E-state index contributed by atoms with van der Waals surface area (Å²) in [5.41, 5.74) is 3.34. The molecule has 0 amide bonds. The van der Waals surface area contributed by atoms with Crippen molar-refractivity contribution in [1.82, 2.24) is 0 Å². The molecule has 0 aliphatic rings. The van der Waals surface area contributed by atoms with Gasteiger partial charge < -0.3 is 4.74 Å². The number of methoxy groups -OCH3 is 1. The Hall–Kier alpha value is -3.99. The normalized spacial score (nSPS) is 11.7. The molecule has 32 heavy (non-hydrogen) atoms. The summed E-state index contributed by atoms with van der Waals surface area (Å²) in [7, 11) is -2.73. The first-order chi connectivity index (χ1) is 15.2. The summed E-state index contributed by atoms with van der Waals surface area (Å²) < 4.78 is 46.1. The third kappa shape index (κ3) is 5.19. The third-order valence-electron chi connectivity index (χ3n) is 4.43. The standard InChI is InChI=1S/C21H19FN4O5S/c1-14(15-7-9-16(22)10-8-15)23-24-18-12-11-17(13-20(18)26(27)28)32(29,30)25-19-5-3-4-6-21(19)31-2/h3-13,24-25H,1-2H3/b23-14-. The number of rotatable bonds is 8. The van der Waals surface area contributed by atoms with Crippen LogP contribution in [0.3, 0.4) is 0 Å². The van der Waals surface area contributed by atoms with Gasteiger partial charge in [0.1, 0.15) is 17.3 Å². The molecule has 0 radical (unpaired) electrons. The molecular weight excluding hydrogens is 439 g/mol. The van der Waals surface area contributed by atoms with Crippen molar-refractivity contribution in [2.45, 2.75) is 11.8 Å². The zero-order valence-electron chi connectivity index (χ0n) is 17.1. The number of sulfonamides is 1. The van der Waals surface area contributed by atoms with Crippen LogP contribution in [0.15, 0.2) is 76.7 Å². The van der Waals surface area contributed by atoms with Crippen molar-refractivity contribution >= 4 is 32.8 Å². The van der Waals surface area contributed by atoms with Crippen LogP contribution in [0, 0.1) is 15.9 Å². The maximum atomic E-state index is 13.1. The molecule has 0 aliphatic carbocycles. The fraction of sp³-hybridized carbons (Fsp3) is 0.0952. The van der Waals surface area contributed by atoms with Crippen LogP contribution < -0.4 is 14.9 Å². The van der Waals surface area contributed by atoms with Gasteiger partial charge in [-0.25, -0.2) is 12.8 Å². The molecule has 0 heterocycles. The maximum Gasteiger partial charge on any atom is 0.295 e. The summed E-state index contributed by atoms with van der Waals surface area (Å²) in [6, 6.07) is 15.4. The van der Waals surface area contributed by atoms with Crippen LogP contribution in [0.1, 0.15) is 12.5 Å². The van der Waals surface area contributed by atoms with Gasteiger partial charge >= 0.3 is 0 Å². The van der Waals surface area contributed by atoms with Crippen LogP contribution in [0.5, 0.6) is 5.75 Å². The lowest BCUT2D eigenvalue weighted by Gasteiger charge is -2.12. The molecule has 0 aliphatic heterocycles. The van der Waals surface area contributed by atoms with Crippen molar-refractivity contribution < 1.29 is 22.5 Å². The number of anilines is 2. The van der Waals surface area contributed by atoms with E-state index in [1.54, 1.807) is 25.1 Å². The Balaban J connectivity index is 1.89. The number of hydrogen-bond donors (Lipinski definition) is 2. The number of hydrogen-bond acceptors (Lipinski definition) is 7. The van der Waals surface area contributed by atoms with E-state index in [4.69, 9.17) is 4.74 Å². The van der Waals surface area contributed by atoms with E-state index in [1.165, 1.54) is 49.6 Å². The van der Waals surface area contributed by atoms with E-state index in [1.807, 2.05) is 0 Å².